The highest BCUT2D eigenvalue weighted by Gasteiger charge is 2.33. The maximum atomic E-state index is 12.9. The van der Waals surface area contributed by atoms with E-state index in [1.54, 1.807) is 24.2 Å². The zero-order valence-electron chi connectivity index (χ0n) is 18.0. The van der Waals surface area contributed by atoms with Crippen molar-refractivity contribution < 1.29 is 14.3 Å². The highest BCUT2D eigenvalue weighted by atomic mass is 32.2. The Kier molecular flexibility index (Phi) is 7.94. The van der Waals surface area contributed by atoms with Crippen molar-refractivity contribution in [1.29, 1.82) is 0 Å². The Hall–Kier alpha value is -1.86. The number of benzene rings is 1. The summed E-state index contributed by atoms with van der Waals surface area (Å²) < 4.78 is 5.90. The van der Waals surface area contributed by atoms with Crippen molar-refractivity contribution in [3.63, 3.8) is 0 Å². The zero-order valence-corrected chi connectivity index (χ0v) is 19.7. The van der Waals surface area contributed by atoms with Gasteiger partial charge in [-0.15, -0.1) is 23.1 Å². The molecule has 3 unspecified atom stereocenters. The minimum Gasteiger partial charge on any atom is -0.461 e. The summed E-state index contributed by atoms with van der Waals surface area (Å²) in [7, 11) is 1.72. The van der Waals surface area contributed by atoms with Crippen molar-refractivity contribution in [2.45, 2.75) is 51.0 Å². The standard InChI is InChI=1S/C23H30N2O3S2/c1-15(2)17-10-9-16(3)13-19(17)28-21(26)14-30-20-8-6-5-7-18(20)22(27)25(4)23-24-11-12-29-23/h5-8,11-12,15-17,19H,9-10,13-14H2,1-4H3. The largest absolute Gasteiger partial charge is 0.461 e. The molecule has 1 aliphatic rings. The molecule has 30 heavy (non-hydrogen) atoms. The smallest absolute Gasteiger partial charge is 0.316 e. The molecule has 1 aromatic heterocycles. The number of hydrogen-bond acceptors (Lipinski definition) is 6. The molecule has 1 aliphatic carbocycles. The number of thiazole rings is 1. The summed E-state index contributed by atoms with van der Waals surface area (Å²) in [5.41, 5.74) is 0.569. The predicted octanol–water partition coefficient (Wildman–Crippen LogP) is 5.52. The zero-order chi connectivity index (χ0) is 21.7. The summed E-state index contributed by atoms with van der Waals surface area (Å²) in [6, 6.07) is 7.38. The van der Waals surface area contributed by atoms with Crippen molar-refractivity contribution in [2.75, 3.05) is 17.7 Å². The number of rotatable bonds is 7. The summed E-state index contributed by atoms with van der Waals surface area (Å²) in [6.07, 6.45) is 4.93. The van der Waals surface area contributed by atoms with E-state index in [-0.39, 0.29) is 23.7 Å². The van der Waals surface area contributed by atoms with Crippen LogP contribution in [0.4, 0.5) is 5.13 Å². The van der Waals surface area contributed by atoms with Crippen LogP contribution >= 0.6 is 23.1 Å². The molecule has 2 aromatic rings. The minimum absolute atomic E-state index is 0.00485. The van der Waals surface area contributed by atoms with Gasteiger partial charge in [0.15, 0.2) is 5.13 Å². The number of esters is 1. The average Bonchev–Trinajstić information content (AvgIpc) is 3.26. The number of thioether (sulfide) groups is 1. The number of nitrogens with zero attached hydrogens (tertiary/aromatic N) is 2. The van der Waals surface area contributed by atoms with E-state index in [0.29, 0.717) is 28.4 Å². The molecule has 3 rings (SSSR count). The molecule has 1 saturated carbocycles. The Morgan fingerprint density at radius 1 is 1.30 bits per heavy atom. The molecule has 162 valence electrons. The SMILES string of the molecule is CC1CCC(C(C)C)C(OC(=O)CSc2ccccc2C(=O)N(C)c2nccs2)C1. The molecule has 1 fully saturated rings. The number of carbonyl (C=O) groups is 2. The van der Waals surface area contributed by atoms with Gasteiger partial charge in [-0.2, -0.15) is 0 Å². The van der Waals surface area contributed by atoms with Gasteiger partial charge < -0.3 is 4.74 Å². The van der Waals surface area contributed by atoms with Gasteiger partial charge in [0, 0.05) is 23.5 Å². The van der Waals surface area contributed by atoms with Crippen LogP contribution in [0.1, 0.15) is 50.4 Å². The first-order chi connectivity index (χ1) is 14.4. The Labute approximate surface area is 187 Å². The number of carbonyl (C=O) groups excluding carboxylic acids is 2. The molecule has 1 heterocycles. The summed E-state index contributed by atoms with van der Waals surface area (Å²) >= 11 is 2.77. The second kappa shape index (κ2) is 10.4. The highest BCUT2D eigenvalue weighted by molar-refractivity contribution is 8.00. The lowest BCUT2D eigenvalue weighted by molar-refractivity contribution is -0.152. The fourth-order valence-electron chi connectivity index (χ4n) is 4.01. The first-order valence-electron chi connectivity index (χ1n) is 10.5. The molecule has 0 bridgehead atoms. The van der Waals surface area contributed by atoms with Crippen molar-refractivity contribution in [3.05, 3.63) is 41.4 Å². The predicted molar refractivity (Wildman–Crippen MR) is 123 cm³/mol. The van der Waals surface area contributed by atoms with Crippen LogP contribution in [-0.4, -0.2) is 35.8 Å². The van der Waals surface area contributed by atoms with Crippen LogP contribution in [-0.2, 0) is 9.53 Å². The van der Waals surface area contributed by atoms with E-state index in [1.807, 2.05) is 23.6 Å². The van der Waals surface area contributed by atoms with Crippen LogP contribution in [0.2, 0.25) is 0 Å². The third kappa shape index (κ3) is 5.64. The fourth-order valence-corrected chi connectivity index (χ4v) is 5.44. The van der Waals surface area contributed by atoms with Gasteiger partial charge in [0.2, 0.25) is 0 Å². The highest BCUT2D eigenvalue weighted by Crippen LogP contribution is 2.36. The maximum Gasteiger partial charge on any atom is 0.316 e. The van der Waals surface area contributed by atoms with Crippen LogP contribution in [0.15, 0.2) is 40.7 Å². The van der Waals surface area contributed by atoms with Gasteiger partial charge in [0.05, 0.1) is 11.3 Å². The van der Waals surface area contributed by atoms with Gasteiger partial charge >= 0.3 is 5.97 Å². The van der Waals surface area contributed by atoms with E-state index in [2.05, 4.69) is 25.8 Å². The van der Waals surface area contributed by atoms with E-state index in [1.165, 1.54) is 29.5 Å². The second-order valence-electron chi connectivity index (χ2n) is 8.32. The summed E-state index contributed by atoms with van der Waals surface area (Å²) in [5, 5.41) is 2.48. The molecule has 0 N–H and O–H groups in total. The van der Waals surface area contributed by atoms with Crippen LogP contribution < -0.4 is 4.90 Å². The monoisotopic (exact) mass is 446 g/mol. The third-order valence-corrected chi connectivity index (χ3v) is 7.61. The van der Waals surface area contributed by atoms with Crippen molar-refractivity contribution in [3.8, 4) is 0 Å². The van der Waals surface area contributed by atoms with Crippen LogP contribution in [0.3, 0.4) is 0 Å². The maximum absolute atomic E-state index is 12.9. The molecule has 0 radical (unpaired) electrons. The number of hydrogen-bond donors (Lipinski definition) is 0. The fraction of sp³-hybridized carbons (Fsp3) is 0.522. The van der Waals surface area contributed by atoms with Gasteiger partial charge in [-0.05, 0) is 42.7 Å². The van der Waals surface area contributed by atoms with E-state index in [4.69, 9.17) is 4.74 Å². The van der Waals surface area contributed by atoms with E-state index >= 15 is 0 Å². The third-order valence-electron chi connectivity index (χ3n) is 5.72. The van der Waals surface area contributed by atoms with Crippen LogP contribution in [0, 0.1) is 17.8 Å². The quantitative estimate of drug-likeness (QED) is 0.414. The minimum atomic E-state index is -0.208. The summed E-state index contributed by atoms with van der Waals surface area (Å²) in [5.74, 6) is 1.37. The lowest BCUT2D eigenvalue weighted by atomic mass is 9.75. The molecular weight excluding hydrogens is 416 g/mol. The van der Waals surface area contributed by atoms with Crippen LogP contribution in [0.25, 0.3) is 0 Å². The first-order valence-corrected chi connectivity index (χ1v) is 12.3. The molecule has 5 nitrogen and oxygen atoms in total. The van der Waals surface area contributed by atoms with Gasteiger partial charge in [0.25, 0.3) is 5.91 Å². The Balaban J connectivity index is 1.63. The molecule has 1 aromatic carbocycles. The van der Waals surface area contributed by atoms with E-state index in [0.717, 1.165) is 17.7 Å². The van der Waals surface area contributed by atoms with E-state index < -0.39 is 0 Å². The molecule has 3 atom stereocenters. The van der Waals surface area contributed by atoms with Crippen molar-refractivity contribution in [1.82, 2.24) is 4.98 Å². The number of ether oxygens (including phenoxy) is 1. The Bertz CT molecular complexity index is 854. The van der Waals surface area contributed by atoms with Crippen molar-refractivity contribution in [2.24, 2.45) is 17.8 Å². The Morgan fingerprint density at radius 3 is 2.77 bits per heavy atom. The lowest BCUT2D eigenvalue weighted by Gasteiger charge is -2.36. The number of aromatic nitrogens is 1. The van der Waals surface area contributed by atoms with Gasteiger partial charge in [-0.3, -0.25) is 14.5 Å². The number of anilines is 1. The average molecular weight is 447 g/mol. The summed E-state index contributed by atoms with van der Waals surface area (Å²) in [4.78, 5) is 32.1. The normalized spacial score (nSPS) is 21.4. The molecule has 1 amide bonds. The molecule has 7 heteroatoms. The van der Waals surface area contributed by atoms with Gasteiger partial charge in [-0.1, -0.05) is 39.3 Å². The van der Waals surface area contributed by atoms with Crippen LogP contribution in [0.5, 0.6) is 0 Å². The topological polar surface area (TPSA) is 59.5 Å². The Morgan fingerprint density at radius 2 is 2.07 bits per heavy atom. The second-order valence-corrected chi connectivity index (χ2v) is 10.2. The molecule has 0 saturated heterocycles. The first kappa shape index (κ1) is 22.8. The molecule has 0 spiro atoms. The summed E-state index contributed by atoms with van der Waals surface area (Å²) in [6.45, 7) is 6.64. The number of amides is 1. The molecule has 0 aliphatic heterocycles. The van der Waals surface area contributed by atoms with Gasteiger partial charge in [-0.25, -0.2) is 4.98 Å². The molecular formula is C23H30N2O3S2. The lowest BCUT2D eigenvalue weighted by Crippen LogP contribution is -2.36. The van der Waals surface area contributed by atoms with E-state index in [9.17, 15) is 9.59 Å². The van der Waals surface area contributed by atoms with Crippen molar-refractivity contribution >= 4 is 40.1 Å². The van der Waals surface area contributed by atoms with Gasteiger partial charge in [0.1, 0.15) is 6.10 Å².